The Morgan fingerprint density at radius 3 is 2.84 bits per heavy atom. The summed E-state index contributed by atoms with van der Waals surface area (Å²) in [5, 5.41) is 23.5. The van der Waals surface area contributed by atoms with E-state index in [-0.39, 0.29) is 19.6 Å². The lowest BCUT2D eigenvalue weighted by Gasteiger charge is -2.41. The molecule has 3 rings (SSSR count). The summed E-state index contributed by atoms with van der Waals surface area (Å²) in [4.78, 5) is 24.9. The zero-order valence-electron chi connectivity index (χ0n) is 14.9. The first kappa shape index (κ1) is 18.1. The molecule has 0 bridgehead atoms. The molecule has 2 fully saturated rings. The van der Waals surface area contributed by atoms with E-state index >= 15 is 0 Å². The van der Waals surface area contributed by atoms with E-state index in [1.807, 2.05) is 0 Å². The van der Waals surface area contributed by atoms with Crippen LogP contribution in [0.15, 0.2) is 23.3 Å². The lowest BCUT2D eigenvalue weighted by atomic mass is 9.85. The molecule has 0 aliphatic carbocycles. The molecule has 7 nitrogen and oxygen atoms in total. The molecule has 5 atom stereocenters. The first-order valence-electron chi connectivity index (χ1n) is 8.71. The van der Waals surface area contributed by atoms with Gasteiger partial charge in [-0.05, 0) is 32.3 Å². The van der Waals surface area contributed by atoms with Gasteiger partial charge in [0.1, 0.15) is 6.61 Å². The van der Waals surface area contributed by atoms with E-state index in [0.29, 0.717) is 24.1 Å². The van der Waals surface area contributed by atoms with Gasteiger partial charge in [0.05, 0.1) is 13.1 Å². The summed E-state index contributed by atoms with van der Waals surface area (Å²) in [6.45, 7) is 5.39. The van der Waals surface area contributed by atoms with Gasteiger partial charge in [-0.3, -0.25) is 0 Å². The number of ether oxygens (including phenoxy) is 2. The lowest BCUT2D eigenvalue weighted by molar-refractivity contribution is -0.877. The fourth-order valence-electron chi connectivity index (χ4n) is 3.91. The van der Waals surface area contributed by atoms with Crippen LogP contribution in [0.2, 0.25) is 0 Å². The first-order valence-corrected chi connectivity index (χ1v) is 8.71. The van der Waals surface area contributed by atoms with Gasteiger partial charge in [0.2, 0.25) is 0 Å². The number of hydroxylamine groups is 3. The van der Waals surface area contributed by atoms with Crippen molar-refractivity contribution in [2.75, 3.05) is 19.7 Å². The lowest BCUT2D eigenvalue weighted by Crippen LogP contribution is -2.49. The average Bonchev–Trinajstić information content (AvgIpc) is 3.05. The molecule has 0 aromatic rings. The van der Waals surface area contributed by atoms with Gasteiger partial charge in [0.25, 0.3) is 0 Å². The van der Waals surface area contributed by atoms with E-state index in [1.165, 1.54) is 6.92 Å². The van der Waals surface area contributed by atoms with Gasteiger partial charge < -0.3 is 24.4 Å². The van der Waals surface area contributed by atoms with E-state index in [0.717, 1.165) is 0 Å². The Morgan fingerprint density at radius 2 is 2.16 bits per heavy atom. The Morgan fingerprint density at radius 1 is 1.44 bits per heavy atom. The van der Waals surface area contributed by atoms with Gasteiger partial charge in [0, 0.05) is 17.6 Å². The molecule has 7 heteroatoms. The largest absolute Gasteiger partial charge is 0.632 e. The number of hydrogen-bond acceptors (Lipinski definition) is 6. The number of nitrogens with zero attached hydrogens (tertiary/aromatic N) is 1. The predicted octanol–water partition coefficient (Wildman–Crippen LogP) is 1.21. The number of carbonyl (C=O) groups is 2. The second-order valence-corrected chi connectivity index (χ2v) is 7.46. The fraction of sp³-hybridized carbons (Fsp3) is 0.667. The number of allylic oxidation sites excluding steroid dienone is 1. The Bertz CT molecular complexity index is 652. The van der Waals surface area contributed by atoms with Crippen molar-refractivity contribution in [2.45, 2.75) is 51.4 Å². The summed E-state index contributed by atoms with van der Waals surface area (Å²) in [6.07, 6.45) is 3.57. The highest BCUT2D eigenvalue weighted by Crippen LogP contribution is 2.39. The third kappa shape index (κ3) is 3.01. The average molecular weight is 351 g/mol. The van der Waals surface area contributed by atoms with Gasteiger partial charge >= 0.3 is 11.9 Å². The summed E-state index contributed by atoms with van der Waals surface area (Å²) in [5.74, 6) is -1.75. The maximum absolute atomic E-state index is 12.9. The van der Waals surface area contributed by atoms with Crippen LogP contribution in [0.1, 0.15) is 33.6 Å². The number of hydrogen-bond donors (Lipinski definition) is 1. The van der Waals surface area contributed by atoms with Crippen LogP contribution < -0.4 is 0 Å². The molecule has 0 spiro atoms. The van der Waals surface area contributed by atoms with Gasteiger partial charge in [-0.2, -0.15) is 0 Å². The van der Waals surface area contributed by atoms with Crippen molar-refractivity contribution in [2.24, 2.45) is 5.92 Å². The predicted molar refractivity (Wildman–Crippen MR) is 88.9 cm³/mol. The molecule has 3 aliphatic heterocycles. The van der Waals surface area contributed by atoms with E-state index in [2.05, 4.69) is 0 Å². The third-order valence-corrected chi connectivity index (χ3v) is 5.83. The van der Waals surface area contributed by atoms with Crippen LogP contribution in [0.4, 0.5) is 0 Å². The highest BCUT2D eigenvalue weighted by Gasteiger charge is 2.51. The van der Waals surface area contributed by atoms with Crippen LogP contribution in [0, 0.1) is 11.1 Å². The SMILES string of the molecule is C/C=C1/CC(C)[C@@](C)(O)C(=O)OCC2=CC[N+]3([O-])CC[C@@H](OC1=O)[C@@H]23. The maximum atomic E-state index is 12.9. The van der Waals surface area contributed by atoms with Gasteiger partial charge in [-0.1, -0.05) is 13.0 Å². The fourth-order valence-corrected chi connectivity index (χ4v) is 3.91. The Labute approximate surface area is 147 Å². The third-order valence-electron chi connectivity index (χ3n) is 5.83. The number of quaternary nitrogens is 1. The molecule has 0 aromatic heterocycles. The molecule has 0 saturated carbocycles. The Kier molecular flexibility index (Phi) is 4.51. The molecular formula is C18H25NO6. The summed E-state index contributed by atoms with van der Waals surface area (Å²) >= 11 is 0. The second kappa shape index (κ2) is 6.23. The van der Waals surface area contributed by atoms with Crippen molar-refractivity contribution in [3.8, 4) is 0 Å². The standard InChI is InChI=1S/C18H25NO6/c1-4-12-9-11(2)18(3,22)17(21)24-10-13-5-7-19(23)8-6-14(15(13)19)25-16(12)20/h4-5,11,14-15,22H,6-10H2,1-3H3/b12-4-/t11?,14-,15-,18-,19?/m1/s1. The summed E-state index contributed by atoms with van der Waals surface area (Å²) in [6, 6.07) is -0.531. The Balaban J connectivity index is 1.94. The van der Waals surface area contributed by atoms with Crippen LogP contribution >= 0.6 is 0 Å². The topological polar surface area (TPSA) is 95.9 Å². The quantitative estimate of drug-likeness (QED) is 0.232. The summed E-state index contributed by atoms with van der Waals surface area (Å²) in [7, 11) is 0. The van der Waals surface area contributed by atoms with Crippen LogP contribution in [-0.4, -0.2) is 59.1 Å². The molecule has 2 saturated heterocycles. The molecule has 3 aliphatic rings. The van der Waals surface area contributed by atoms with Gasteiger partial charge in [-0.15, -0.1) is 0 Å². The molecule has 3 heterocycles. The van der Waals surface area contributed by atoms with Gasteiger partial charge in [-0.25, -0.2) is 9.59 Å². The zero-order valence-corrected chi connectivity index (χ0v) is 14.9. The van der Waals surface area contributed by atoms with Crippen molar-refractivity contribution < 1.29 is 28.8 Å². The molecule has 138 valence electrons. The van der Waals surface area contributed by atoms with Crippen molar-refractivity contribution >= 4 is 11.9 Å². The van der Waals surface area contributed by atoms with Crippen molar-refractivity contribution in [3.05, 3.63) is 28.5 Å². The molecule has 2 unspecified atom stereocenters. The highest BCUT2D eigenvalue weighted by atomic mass is 16.6. The minimum atomic E-state index is -1.73. The summed E-state index contributed by atoms with van der Waals surface area (Å²) < 4.78 is 10.5. The number of esters is 2. The zero-order chi connectivity index (χ0) is 18.4. The van der Waals surface area contributed by atoms with Crippen LogP contribution in [0.5, 0.6) is 0 Å². The summed E-state index contributed by atoms with van der Waals surface area (Å²) in [5.41, 5.74) is -0.670. The van der Waals surface area contributed by atoms with Crippen LogP contribution in [-0.2, 0) is 19.1 Å². The van der Waals surface area contributed by atoms with E-state index in [9.17, 15) is 19.9 Å². The second-order valence-electron chi connectivity index (χ2n) is 7.46. The monoisotopic (exact) mass is 351 g/mol. The maximum Gasteiger partial charge on any atom is 0.338 e. The number of cyclic esters (lactones) is 1. The van der Waals surface area contributed by atoms with Crippen molar-refractivity contribution in [1.29, 1.82) is 0 Å². The van der Waals surface area contributed by atoms with E-state index < -0.39 is 40.2 Å². The Hall–Kier alpha value is -1.70. The number of aliphatic hydroxyl groups is 1. The van der Waals surface area contributed by atoms with Gasteiger partial charge in [0.15, 0.2) is 17.7 Å². The smallest absolute Gasteiger partial charge is 0.338 e. The van der Waals surface area contributed by atoms with Crippen molar-refractivity contribution in [1.82, 2.24) is 0 Å². The highest BCUT2D eigenvalue weighted by molar-refractivity contribution is 5.89. The van der Waals surface area contributed by atoms with Crippen LogP contribution in [0.25, 0.3) is 0 Å². The number of rotatable bonds is 0. The molecule has 1 N–H and O–H groups in total. The minimum absolute atomic E-state index is 0.0564. The number of carbonyl (C=O) groups excluding carboxylic acids is 2. The van der Waals surface area contributed by atoms with Crippen LogP contribution in [0.3, 0.4) is 0 Å². The minimum Gasteiger partial charge on any atom is -0.632 e. The van der Waals surface area contributed by atoms with E-state index in [4.69, 9.17) is 9.47 Å². The van der Waals surface area contributed by atoms with Crippen molar-refractivity contribution in [3.63, 3.8) is 0 Å². The molecular weight excluding hydrogens is 326 g/mol. The normalized spacial score (nSPS) is 43.6. The molecule has 0 amide bonds. The van der Waals surface area contributed by atoms with E-state index in [1.54, 1.807) is 26.0 Å². The molecule has 0 aromatic carbocycles. The first-order chi connectivity index (χ1) is 11.7. The molecule has 25 heavy (non-hydrogen) atoms. The molecule has 0 radical (unpaired) electrons.